The summed E-state index contributed by atoms with van der Waals surface area (Å²) < 4.78 is 16.6. The molecule has 3 heterocycles. The molecule has 0 fully saturated rings. The van der Waals surface area contributed by atoms with Crippen molar-refractivity contribution in [2.24, 2.45) is 0 Å². The first-order valence-electron chi connectivity index (χ1n) is 9.52. The Kier molecular flexibility index (Phi) is 4.98. The van der Waals surface area contributed by atoms with E-state index in [1.807, 2.05) is 60.7 Å². The lowest BCUT2D eigenvalue weighted by Gasteiger charge is -2.04. The van der Waals surface area contributed by atoms with Gasteiger partial charge in [0, 0.05) is 11.6 Å². The van der Waals surface area contributed by atoms with Crippen molar-refractivity contribution in [3.05, 3.63) is 103 Å². The van der Waals surface area contributed by atoms with Gasteiger partial charge in [-0.3, -0.25) is 0 Å². The number of para-hydroxylation sites is 1. The van der Waals surface area contributed by atoms with Crippen LogP contribution in [0.25, 0.3) is 23.0 Å². The van der Waals surface area contributed by atoms with Gasteiger partial charge in [-0.1, -0.05) is 47.5 Å². The third-order valence-corrected chi connectivity index (χ3v) is 4.32. The van der Waals surface area contributed by atoms with E-state index < -0.39 is 0 Å². The maximum atomic E-state index is 5.75. The number of aromatic nitrogens is 3. The number of furan rings is 1. The van der Waals surface area contributed by atoms with E-state index >= 15 is 0 Å². The van der Waals surface area contributed by atoms with Crippen molar-refractivity contribution >= 4 is 0 Å². The van der Waals surface area contributed by atoms with Gasteiger partial charge in [0.05, 0.1) is 11.8 Å². The quantitative estimate of drug-likeness (QED) is 0.363. The summed E-state index contributed by atoms with van der Waals surface area (Å²) in [6.45, 7) is 0. The maximum absolute atomic E-state index is 5.75. The Labute approximate surface area is 178 Å². The summed E-state index contributed by atoms with van der Waals surface area (Å²) in [7, 11) is 0. The molecule has 5 rings (SSSR count). The van der Waals surface area contributed by atoms with Crippen molar-refractivity contribution in [3.63, 3.8) is 0 Å². The number of ether oxygens (including phenoxy) is 1. The van der Waals surface area contributed by atoms with Crippen molar-refractivity contribution in [2.75, 3.05) is 0 Å². The number of hydrogen-bond donors (Lipinski definition) is 0. The van der Waals surface area contributed by atoms with Crippen LogP contribution in [0.2, 0.25) is 0 Å². The molecule has 0 atom stereocenters. The minimum atomic E-state index is 0.331. The molecule has 0 aliphatic rings. The fourth-order valence-corrected chi connectivity index (χ4v) is 2.81. The fourth-order valence-electron chi connectivity index (χ4n) is 2.81. The summed E-state index contributed by atoms with van der Waals surface area (Å²) in [4.78, 5) is 8.77. The van der Waals surface area contributed by atoms with E-state index in [1.54, 1.807) is 24.4 Å². The molecule has 6 heteroatoms. The van der Waals surface area contributed by atoms with Gasteiger partial charge in [-0.15, -0.1) is 0 Å². The van der Waals surface area contributed by atoms with Crippen molar-refractivity contribution in [1.29, 1.82) is 0 Å². The third kappa shape index (κ3) is 4.36. The number of nitrogens with zero attached hydrogens (tertiary/aromatic N) is 3. The van der Waals surface area contributed by atoms with Crippen molar-refractivity contribution in [2.45, 2.75) is 0 Å². The van der Waals surface area contributed by atoms with E-state index in [-0.39, 0.29) is 0 Å². The van der Waals surface area contributed by atoms with Crippen molar-refractivity contribution < 1.29 is 13.7 Å². The highest BCUT2D eigenvalue weighted by Crippen LogP contribution is 2.25. The Morgan fingerprint density at radius 2 is 1.61 bits per heavy atom. The Balaban J connectivity index is 1.30. The standard InChI is InChI=1S/C25H15N3O3/c1-3-7-18(8-4-1)11-12-21-15-19(17-29-21)25-27-24(28-31-25)23-14-13-22(16-26-23)30-20-9-5-2-6-10-20/h1-10,13-17H. The molecule has 148 valence electrons. The molecule has 0 aliphatic carbocycles. The van der Waals surface area contributed by atoms with Crippen molar-refractivity contribution in [3.8, 4) is 46.3 Å². The van der Waals surface area contributed by atoms with Gasteiger partial charge < -0.3 is 13.7 Å². The first-order chi connectivity index (χ1) is 15.3. The summed E-state index contributed by atoms with van der Waals surface area (Å²) in [6.07, 6.45) is 3.16. The molecule has 3 aromatic heterocycles. The Morgan fingerprint density at radius 1 is 0.806 bits per heavy atom. The number of rotatable bonds is 4. The van der Waals surface area contributed by atoms with Gasteiger partial charge in [0.1, 0.15) is 23.5 Å². The average Bonchev–Trinajstić information content (AvgIpc) is 3.50. The molecule has 0 N–H and O–H groups in total. The second-order valence-electron chi connectivity index (χ2n) is 6.53. The van der Waals surface area contributed by atoms with Crippen LogP contribution < -0.4 is 4.74 Å². The van der Waals surface area contributed by atoms with Crippen molar-refractivity contribution in [1.82, 2.24) is 15.1 Å². The van der Waals surface area contributed by atoms with Crippen LogP contribution in [-0.2, 0) is 0 Å². The van der Waals surface area contributed by atoms with E-state index in [1.165, 1.54) is 6.26 Å². The van der Waals surface area contributed by atoms with Gasteiger partial charge in [0.25, 0.3) is 5.89 Å². The van der Waals surface area contributed by atoms with Crippen LogP contribution in [0, 0.1) is 11.8 Å². The molecule has 0 amide bonds. The van der Waals surface area contributed by atoms with E-state index in [0.29, 0.717) is 34.5 Å². The van der Waals surface area contributed by atoms with E-state index in [9.17, 15) is 0 Å². The topological polar surface area (TPSA) is 74.2 Å². The van der Waals surface area contributed by atoms with Crippen LogP contribution in [0.3, 0.4) is 0 Å². The highest BCUT2D eigenvalue weighted by atomic mass is 16.5. The molecule has 2 aromatic carbocycles. The molecule has 0 saturated heterocycles. The Bertz CT molecular complexity index is 1350. The normalized spacial score (nSPS) is 10.3. The summed E-state index contributed by atoms with van der Waals surface area (Å²) >= 11 is 0. The minimum absolute atomic E-state index is 0.331. The SMILES string of the molecule is C(#Cc1cc(-c2nc(-c3ccc(Oc4ccccc4)cn3)no2)co1)c1ccccc1. The Hall–Kier alpha value is -4.63. The number of pyridine rings is 1. The molecule has 6 nitrogen and oxygen atoms in total. The third-order valence-electron chi connectivity index (χ3n) is 4.32. The van der Waals surface area contributed by atoms with Gasteiger partial charge in [-0.05, 0) is 42.3 Å². The van der Waals surface area contributed by atoms with Gasteiger partial charge in [0.15, 0.2) is 5.76 Å². The van der Waals surface area contributed by atoms with Crippen LogP contribution >= 0.6 is 0 Å². The van der Waals surface area contributed by atoms with Crippen LogP contribution in [-0.4, -0.2) is 15.1 Å². The average molecular weight is 405 g/mol. The zero-order chi connectivity index (χ0) is 20.9. The van der Waals surface area contributed by atoms with Crippen LogP contribution in [0.1, 0.15) is 11.3 Å². The maximum Gasteiger partial charge on any atom is 0.261 e. The van der Waals surface area contributed by atoms with Gasteiger partial charge in [-0.2, -0.15) is 4.98 Å². The molecule has 0 bridgehead atoms. The molecular formula is C25H15N3O3. The van der Waals surface area contributed by atoms with Crippen LogP contribution in [0.4, 0.5) is 0 Å². The number of hydrogen-bond acceptors (Lipinski definition) is 6. The molecule has 31 heavy (non-hydrogen) atoms. The second-order valence-corrected chi connectivity index (χ2v) is 6.53. The van der Waals surface area contributed by atoms with Gasteiger partial charge >= 0.3 is 0 Å². The minimum Gasteiger partial charge on any atom is -0.456 e. The van der Waals surface area contributed by atoms with Crippen LogP contribution in [0.5, 0.6) is 11.5 Å². The van der Waals surface area contributed by atoms with Gasteiger partial charge in [-0.25, -0.2) is 4.98 Å². The highest BCUT2D eigenvalue weighted by Gasteiger charge is 2.14. The van der Waals surface area contributed by atoms with Crippen LogP contribution in [0.15, 0.2) is 100 Å². The lowest BCUT2D eigenvalue weighted by molar-refractivity contribution is 0.431. The second kappa shape index (κ2) is 8.39. The molecular weight excluding hydrogens is 390 g/mol. The largest absolute Gasteiger partial charge is 0.456 e. The predicted octanol–water partition coefficient (Wildman–Crippen LogP) is 5.58. The summed E-state index contributed by atoms with van der Waals surface area (Å²) in [5.74, 6) is 8.61. The molecule has 5 aromatic rings. The first kappa shape index (κ1) is 18.4. The zero-order valence-electron chi connectivity index (χ0n) is 16.2. The molecule has 0 spiro atoms. The summed E-state index contributed by atoms with van der Waals surface area (Å²) in [6, 6.07) is 24.5. The Morgan fingerprint density at radius 3 is 2.39 bits per heavy atom. The summed E-state index contributed by atoms with van der Waals surface area (Å²) in [5.41, 5.74) is 2.13. The lowest BCUT2D eigenvalue weighted by Crippen LogP contribution is -1.88. The molecule has 0 saturated carbocycles. The van der Waals surface area contributed by atoms with Gasteiger partial charge in [0.2, 0.25) is 5.82 Å². The van der Waals surface area contributed by atoms with E-state index in [0.717, 1.165) is 11.3 Å². The lowest BCUT2D eigenvalue weighted by atomic mass is 10.2. The molecule has 0 radical (unpaired) electrons. The zero-order valence-corrected chi connectivity index (χ0v) is 16.2. The fraction of sp³-hybridized carbons (Fsp3) is 0. The van der Waals surface area contributed by atoms with E-state index in [4.69, 9.17) is 13.7 Å². The summed E-state index contributed by atoms with van der Waals surface area (Å²) in [5, 5.41) is 4.01. The first-order valence-corrected chi connectivity index (χ1v) is 9.52. The monoisotopic (exact) mass is 405 g/mol. The van der Waals surface area contributed by atoms with E-state index in [2.05, 4.69) is 27.0 Å². The predicted molar refractivity (Wildman–Crippen MR) is 114 cm³/mol. The molecule has 0 unspecified atom stereocenters. The highest BCUT2D eigenvalue weighted by molar-refractivity contribution is 5.58. The number of benzene rings is 2. The smallest absolute Gasteiger partial charge is 0.261 e. The molecule has 0 aliphatic heterocycles.